The van der Waals surface area contributed by atoms with Gasteiger partial charge in [-0.05, 0) is 83.6 Å². The number of carbonyl (C=O) groups is 1. The number of aryl methyl sites for hydroxylation is 1. The molecule has 0 atom stereocenters. The Hall–Kier alpha value is -3.49. The van der Waals surface area contributed by atoms with E-state index >= 15 is 8.78 Å². The van der Waals surface area contributed by atoms with Crippen LogP contribution >= 0.6 is 22.6 Å². The van der Waals surface area contributed by atoms with Crippen LogP contribution in [0.4, 0.5) is 20.2 Å². The van der Waals surface area contributed by atoms with Crippen LogP contribution in [0.1, 0.15) is 27.3 Å². The molecule has 4 aromatic rings. The number of aromatic carboxylic acids is 1. The number of sulfonamides is 1. The zero-order chi connectivity index (χ0) is 27.4. The molecule has 0 amide bonds. The summed E-state index contributed by atoms with van der Waals surface area (Å²) in [5, 5.41) is 12.4. The molecule has 196 valence electrons. The average Bonchev–Trinajstić information content (AvgIpc) is 2.88. The van der Waals surface area contributed by atoms with Crippen molar-refractivity contribution in [3.8, 4) is 0 Å². The summed E-state index contributed by atoms with van der Waals surface area (Å²) in [6.07, 6.45) is 2.94. The van der Waals surface area contributed by atoms with E-state index < -0.39 is 43.8 Å². The number of pyridine rings is 2. The van der Waals surface area contributed by atoms with Gasteiger partial charge in [-0.3, -0.25) is 9.97 Å². The van der Waals surface area contributed by atoms with Gasteiger partial charge in [0.05, 0.1) is 35.7 Å². The van der Waals surface area contributed by atoms with E-state index in [0.29, 0.717) is 28.7 Å². The second-order valence-electron chi connectivity index (χ2n) is 8.23. The molecule has 0 bridgehead atoms. The van der Waals surface area contributed by atoms with Gasteiger partial charge in [0.1, 0.15) is 4.90 Å². The summed E-state index contributed by atoms with van der Waals surface area (Å²) in [6, 6.07) is 15.5. The highest BCUT2D eigenvalue weighted by molar-refractivity contribution is 14.1. The molecule has 2 N–H and O–H groups in total. The molecule has 0 aliphatic heterocycles. The van der Waals surface area contributed by atoms with Crippen molar-refractivity contribution in [3.05, 3.63) is 111 Å². The molecule has 2 aromatic heterocycles. The lowest BCUT2D eigenvalue weighted by atomic mass is 10.1. The minimum absolute atomic E-state index is 0.287. The number of nitrogens with one attached hydrogen (secondary N) is 1. The molecule has 0 unspecified atom stereocenters. The van der Waals surface area contributed by atoms with Gasteiger partial charge in [-0.25, -0.2) is 22.0 Å². The van der Waals surface area contributed by atoms with E-state index in [1.54, 1.807) is 61.5 Å². The maximum atomic E-state index is 15.5. The van der Waals surface area contributed by atoms with Gasteiger partial charge in [-0.2, -0.15) is 4.31 Å². The molecule has 12 heteroatoms. The maximum Gasteiger partial charge on any atom is 0.337 e. The summed E-state index contributed by atoms with van der Waals surface area (Å²) in [6.45, 7) is 1.14. The zero-order valence-electron chi connectivity index (χ0n) is 19.9. The van der Waals surface area contributed by atoms with Crippen molar-refractivity contribution in [3.63, 3.8) is 0 Å². The first-order chi connectivity index (χ1) is 18.1. The fraction of sp³-hybridized carbons (Fsp3) is 0.115. The molecule has 38 heavy (non-hydrogen) atoms. The van der Waals surface area contributed by atoms with Crippen molar-refractivity contribution in [2.24, 2.45) is 0 Å². The molecule has 0 saturated carbocycles. The summed E-state index contributed by atoms with van der Waals surface area (Å²) < 4.78 is 60.0. The molecule has 0 radical (unpaired) electrons. The van der Waals surface area contributed by atoms with Crippen LogP contribution in [0.3, 0.4) is 0 Å². The van der Waals surface area contributed by atoms with Crippen LogP contribution in [0.5, 0.6) is 0 Å². The molecule has 0 aliphatic carbocycles. The third-order valence-electron chi connectivity index (χ3n) is 5.60. The van der Waals surface area contributed by atoms with E-state index in [1.807, 2.05) is 0 Å². The number of aromatic nitrogens is 2. The van der Waals surface area contributed by atoms with Crippen LogP contribution in [0.15, 0.2) is 78.0 Å². The van der Waals surface area contributed by atoms with Crippen molar-refractivity contribution in [1.82, 2.24) is 14.3 Å². The van der Waals surface area contributed by atoms with Gasteiger partial charge < -0.3 is 10.4 Å². The Labute approximate surface area is 231 Å². The van der Waals surface area contributed by atoms with Crippen LogP contribution < -0.4 is 5.32 Å². The lowest BCUT2D eigenvalue weighted by molar-refractivity contribution is 0.0697. The highest BCUT2D eigenvalue weighted by Gasteiger charge is 2.34. The fourth-order valence-electron chi connectivity index (χ4n) is 3.69. The molecule has 8 nitrogen and oxygen atoms in total. The summed E-state index contributed by atoms with van der Waals surface area (Å²) in [5.74, 6) is -4.96. The molecule has 0 spiro atoms. The average molecular weight is 650 g/mol. The van der Waals surface area contributed by atoms with Gasteiger partial charge in [-0.15, -0.1) is 0 Å². The van der Waals surface area contributed by atoms with Gasteiger partial charge in [0.2, 0.25) is 10.0 Å². The van der Waals surface area contributed by atoms with Crippen LogP contribution in [0.25, 0.3) is 0 Å². The normalized spacial score (nSPS) is 11.5. The van der Waals surface area contributed by atoms with Crippen molar-refractivity contribution >= 4 is 50.0 Å². The van der Waals surface area contributed by atoms with Crippen molar-refractivity contribution in [1.29, 1.82) is 0 Å². The summed E-state index contributed by atoms with van der Waals surface area (Å²) >= 11 is 2.08. The van der Waals surface area contributed by atoms with E-state index in [-0.39, 0.29) is 13.1 Å². The van der Waals surface area contributed by atoms with E-state index in [1.165, 1.54) is 12.4 Å². The number of anilines is 2. The first kappa shape index (κ1) is 27.5. The molecular formula is C26H21F2IN4O4S. The van der Waals surface area contributed by atoms with E-state index in [4.69, 9.17) is 0 Å². The molecule has 0 aliphatic rings. The highest BCUT2D eigenvalue weighted by Crippen LogP contribution is 2.34. The number of rotatable bonds is 9. The highest BCUT2D eigenvalue weighted by atomic mass is 127. The Kier molecular flexibility index (Phi) is 8.33. The summed E-state index contributed by atoms with van der Waals surface area (Å²) in [4.78, 5) is 19.2. The van der Waals surface area contributed by atoms with E-state index in [0.717, 1.165) is 7.88 Å². The number of carboxylic acid groups (broad SMARTS) is 1. The quantitative estimate of drug-likeness (QED) is 0.230. The number of carboxylic acids is 1. The minimum Gasteiger partial charge on any atom is -0.478 e. The molecular weight excluding hydrogens is 629 g/mol. The van der Waals surface area contributed by atoms with Gasteiger partial charge in [0.25, 0.3) is 0 Å². The first-order valence-electron chi connectivity index (χ1n) is 11.2. The van der Waals surface area contributed by atoms with Crippen LogP contribution in [0.2, 0.25) is 0 Å². The summed E-state index contributed by atoms with van der Waals surface area (Å²) in [7, 11) is -4.76. The van der Waals surface area contributed by atoms with Crippen LogP contribution in [0, 0.1) is 22.1 Å². The summed E-state index contributed by atoms with van der Waals surface area (Å²) in [5.41, 5.74) is 0.267. The number of nitrogens with zero attached hydrogens (tertiary/aromatic N) is 3. The number of benzene rings is 2. The van der Waals surface area contributed by atoms with Gasteiger partial charge >= 0.3 is 5.97 Å². The predicted molar refractivity (Wildman–Crippen MR) is 145 cm³/mol. The standard InChI is InChI=1S/C26H21F2IN4O4S/c1-16-12-17(29)8-9-21(16)32-25-20(26(34)35)13-22(23(27)24(25)28)38(36,37)33(14-18-6-2-4-10-30-18)15-19-7-3-5-11-31-19/h2-13,32H,14-15H2,1H3,(H,34,35). The molecule has 0 saturated heterocycles. The minimum atomic E-state index is -4.76. The van der Waals surface area contributed by atoms with Gasteiger partial charge in [-0.1, -0.05) is 12.1 Å². The second kappa shape index (κ2) is 11.5. The Bertz CT molecular complexity index is 1550. The predicted octanol–water partition coefficient (Wildman–Crippen LogP) is 5.50. The number of halogens is 3. The fourth-order valence-corrected chi connectivity index (χ4v) is 5.81. The Balaban J connectivity index is 1.82. The van der Waals surface area contributed by atoms with Crippen molar-refractivity contribution in [2.45, 2.75) is 24.9 Å². The van der Waals surface area contributed by atoms with Crippen LogP contribution in [-0.4, -0.2) is 33.8 Å². The zero-order valence-corrected chi connectivity index (χ0v) is 22.9. The Morgan fingerprint density at radius 2 is 1.58 bits per heavy atom. The largest absolute Gasteiger partial charge is 0.478 e. The number of hydrogen-bond donors (Lipinski definition) is 2. The molecule has 2 aromatic carbocycles. The number of hydrogen-bond acceptors (Lipinski definition) is 6. The maximum absolute atomic E-state index is 15.5. The second-order valence-corrected chi connectivity index (χ2v) is 11.4. The van der Waals surface area contributed by atoms with Crippen molar-refractivity contribution < 1.29 is 27.1 Å². The SMILES string of the molecule is Cc1cc(I)ccc1Nc1c(C(=O)O)cc(S(=O)(=O)N(Cc2ccccn2)Cc2ccccn2)c(F)c1F. The van der Waals surface area contributed by atoms with Crippen LogP contribution in [-0.2, 0) is 23.1 Å². The Morgan fingerprint density at radius 3 is 2.08 bits per heavy atom. The van der Waals surface area contributed by atoms with Gasteiger partial charge in [0, 0.05) is 21.7 Å². The molecule has 0 fully saturated rings. The third-order valence-corrected chi connectivity index (χ3v) is 8.06. The lowest BCUT2D eigenvalue weighted by Crippen LogP contribution is -2.32. The first-order valence-corrected chi connectivity index (χ1v) is 13.7. The third kappa shape index (κ3) is 5.97. The molecule has 2 heterocycles. The smallest absolute Gasteiger partial charge is 0.337 e. The lowest BCUT2D eigenvalue weighted by Gasteiger charge is -2.23. The topological polar surface area (TPSA) is 112 Å². The monoisotopic (exact) mass is 650 g/mol. The van der Waals surface area contributed by atoms with E-state index in [9.17, 15) is 18.3 Å². The molecule has 4 rings (SSSR count). The van der Waals surface area contributed by atoms with Crippen molar-refractivity contribution in [2.75, 3.05) is 5.32 Å². The Morgan fingerprint density at radius 1 is 0.974 bits per heavy atom. The van der Waals surface area contributed by atoms with Gasteiger partial charge in [0.15, 0.2) is 11.6 Å². The van der Waals surface area contributed by atoms with E-state index in [2.05, 4.69) is 37.9 Å².